The molecule has 0 saturated carbocycles. The molecule has 1 aromatic rings. The number of carboxylic acids is 1. The van der Waals surface area contributed by atoms with E-state index in [1.165, 1.54) is 0 Å². The Morgan fingerprint density at radius 1 is 1.50 bits per heavy atom. The summed E-state index contributed by atoms with van der Waals surface area (Å²) in [5.74, 6) is -2.24. The number of nitrogens with zero attached hydrogens (tertiary/aromatic N) is 1. The maximum Gasteiger partial charge on any atom is 0.341 e. The molecule has 1 aliphatic rings. The molecule has 0 radical (unpaired) electrons. The number of aliphatic imine (C=N–C) groups is 1. The van der Waals surface area contributed by atoms with Crippen LogP contribution in [0, 0.1) is 5.92 Å². The minimum atomic E-state index is -1.27. The number of allylic oxidation sites excluding steroid dienone is 1. The Morgan fingerprint density at radius 2 is 2.23 bits per heavy atom. The molecular formula is C17H16ClNO3. The van der Waals surface area contributed by atoms with Crippen molar-refractivity contribution in [2.75, 3.05) is 0 Å². The third-order valence-electron chi connectivity index (χ3n) is 3.53. The first kappa shape index (κ1) is 16.2. The highest BCUT2D eigenvalue weighted by Crippen LogP contribution is 2.32. The summed E-state index contributed by atoms with van der Waals surface area (Å²) in [7, 11) is 0. The van der Waals surface area contributed by atoms with E-state index in [0.29, 0.717) is 29.1 Å². The lowest BCUT2D eigenvalue weighted by Gasteiger charge is -2.23. The van der Waals surface area contributed by atoms with E-state index in [-0.39, 0.29) is 11.3 Å². The summed E-state index contributed by atoms with van der Waals surface area (Å²) < 4.78 is 0. The zero-order valence-corrected chi connectivity index (χ0v) is 12.9. The van der Waals surface area contributed by atoms with Crippen LogP contribution in [0.3, 0.4) is 0 Å². The van der Waals surface area contributed by atoms with E-state index < -0.39 is 17.7 Å². The molecule has 1 atom stereocenters. The lowest BCUT2D eigenvalue weighted by atomic mass is 9.84. The maximum atomic E-state index is 12.6. The van der Waals surface area contributed by atoms with Gasteiger partial charge in [-0.3, -0.25) is 9.79 Å². The van der Waals surface area contributed by atoms with Crippen LogP contribution in [-0.2, 0) is 9.59 Å². The van der Waals surface area contributed by atoms with Gasteiger partial charge in [-0.2, -0.15) is 0 Å². The average molecular weight is 318 g/mol. The Hall–Kier alpha value is -2.20. The number of aliphatic carboxylic acids is 1. The molecule has 1 aromatic carbocycles. The molecule has 1 heterocycles. The molecule has 114 valence electrons. The van der Waals surface area contributed by atoms with Gasteiger partial charge in [0.15, 0.2) is 5.78 Å². The van der Waals surface area contributed by atoms with Crippen LogP contribution in [0.5, 0.6) is 0 Å². The first-order chi connectivity index (χ1) is 10.5. The van der Waals surface area contributed by atoms with Crippen LogP contribution in [0.15, 0.2) is 47.5 Å². The van der Waals surface area contributed by atoms with Gasteiger partial charge in [0.2, 0.25) is 0 Å². The number of carbonyl (C=O) groups is 2. The van der Waals surface area contributed by atoms with Crippen molar-refractivity contribution in [3.8, 4) is 0 Å². The van der Waals surface area contributed by atoms with Gasteiger partial charge in [0.1, 0.15) is 5.57 Å². The quantitative estimate of drug-likeness (QED) is 0.664. The smallest absolute Gasteiger partial charge is 0.341 e. The largest absolute Gasteiger partial charge is 0.477 e. The number of rotatable bonds is 5. The standard InChI is InChI=1S/C17H16ClNO3/c1-3-6-12-13(4-2)19-15(14(16(12)20)17(21)22)10-7-5-8-11(18)9-10/h3,5,7-9,12H,1,4,6H2,2H3,(H,21,22). The van der Waals surface area contributed by atoms with Crippen molar-refractivity contribution in [2.45, 2.75) is 19.8 Å². The van der Waals surface area contributed by atoms with E-state index in [4.69, 9.17) is 11.6 Å². The minimum Gasteiger partial charge on any atom is -0.477 e. The van der Waals surface area contributed by atoms with E-state index in [1.54, 1.807) is 30.3 Å². The molecule has 0 fully saturated rings. The lowest BCUT2D eigenvalue weighted by Crippen LogP contribution is -2.32. The number of hydrogen-bond acceptors (Lipinski definition) is 3. The van der Waals surface area contributed by atoms with E-state index in [9.17, 15) is 14.7 Å². The maximum absolute atomic E-state index is 12.6. The normalized spacial score (nSPS) is 18.2. The van der Waals surface area contributed by atoms with Gasteiger partial charge in [0.25, 0.3) is 0 Å². The van der Waals surface area contributed by atoms with Gasteiger partial charge >= 0.3 is 5.97 Å². The van der Waals surface area contributed by atoms with Gasteiger partial charge in [-0.05, 0) is 25.0 Å². The van der Waals surface area contributed by atoms with E-state index in [2.05, 4.69) is 11.6 Å². The van der Waals surface area contributed by atoms with Gasteiger partial charge in [-0.25, -0.2) is 4.79 Å². The topological polar surface area (TPSA) is 66.7 Å². The fourth-order valence-electron chi connectivity index (χ4n) is 2.51. The van der Waals surface area contributed by atoms with Gasteiger partial charge in [-0.1, -0.05) is 36.7 Å². The summed E-state index contributed by atoms with van der Waals surface area (Å²) in [6, 6.07) is 6.69. The molecule has 22 heavy (non-hydrogen) atoms. The Morgan fingerprint density at radius 3 is 2.77 bits per heavy atom. The highest BCUT2D eigenvalue weighted by molar-refractivity contribution is 6.32. The minimum absolute atomic E-state index is 0.178. The highest BCUT2D eigenvalue weighted by Gasteiger charge is 2.35. The van der Waals surface area contributed by atoms with Crippen LogP contribution < -0.4 is 0 Å². The zero-order valence-electron chi connectivity index (χ0n) is 12.2. The van der Waals surface area contributed by atoms with Crippen LogP contribution in [0.25, 0.3) is 5.70 Å². The predicted octanol–water partition coefficient (Wildman–Crippen LogP) is 3.76. The van der Waals surface area contributed by atoms with Crippen molar-refractivity contribution in [2.24, 2.45) is 10.9 Å². The van der Waals surface area contributed by atoms with Gasteiger partial charge < -0.3 is 5.11 Å². The van der Waals surface area contributed by atoms with Gasteiger partial charge in [0.05, 0.1) is 11.6 Å². The van der Waals surface area contributed by atoms with Crippen molar-refractivity contribution in [3.63, 3.8) is 0 Å². The van der Waals surface area contributed by atoms with Gasteiger partial charge in [-0.15, -0.1) is 6.58 Å². The molecule has 0 saturated heterocycles. The summed E-state index contributed by atoms with van der Waals surface area (Å²) in [6.07, 6.45) is 2.56. The third kappa shape index (κ3) is 3.02. The lowest BCUT2D eigenvalue weighted by molar-refractivity contribution is -0.134. The monoisotopic (exact) mass is 317 g/mol. The predicted molar refractivity (Wildman–Crippen MR) is 87.0 cm³/mol. The van der Waals surface area contributed by atoms with E-state index in [1.807, 2.05) is 6.92 Å². The summed E-state index contributed by atoms with van der Waals surface area (Å²) in [4.78, 5) is 28.6. The summed E-state index contributed by atoms with van der Waals surface area (Å²) in [5.41, 5.74) is 1.09. The first-order valence-electron chi connectivity index (χ1n) is 6.95. The first-order valence-corrected chi connectivity index (χ1v) is 7.33. The van der Waals surface area contributed by atoms with Crippen LogP contribution in [0.2, 0.25) is 5.02 Å². The Balaban J connectivity index is 2.66. The second-order valence-corrected chi connectivity index (χ2v) is 5.37. The van der Waals surface area contributed by atoms with Crippen molar-refractivity contribution in [1.29, 1.82) is 0 Å². The van der Waals surface area contributed by atoms with E-state index in [0.717, 1.165) is 0 Å². The third-order valence-corrected chi connectivity index (χ3v) is 3.77. The summed E-state index contributed by atoms with van der Waals surface area (Å²) in [5, 5.41) is 9.91. The molecular weight excluding hydrogens is 302 g/mol. The SMILES string of the molecule is C=CCC1C(=O)C(C(=O)O)=C(c2cccc(Cl)c2)N=C1CC. The van der Waals surface area contributed by atoms with Crippen LogP contribution >= 0.6 is 11.6 Å². The summed E-state index contributed by atoms with van der Waals surface area (Å²) >= 11 is 5.96. The van der Waals surface area contributed by atoms with Crippen LogP contribution in [0.4, 0.5) is 0 Å². The van der Waals surface area contributed by atoms with Crippen molar-refractivity contribution < 1.29 is 14.7 Å². The molecule has 0 spiro atoms. The molecule has 1 N–H and O–H groups in total. The number of carbonyl (C=O) groups excluding carboxylic acids is 1. The number of halogens is 1. The molecule has 0 amide bonds. The molecule has 2 rings (SSSR count). The number of hydrogen-bond donors (Lipinski definition) is 1. The number of ketones is 1. The van der Waals surface area contributed by atoms with Crippen LogP contribution in [0.1, 0.15) is 25.3 Å². The van der Waals surface area contributed by atoms with Crippen LogP contribution in [-0.4, -0.2) is 22.6 Å². The fourth-order valence-corrected chi connectivity index (χ4v) is 2.70. The second kappa shape index (κ2) is 6.71. The van der Waals surface area contributed by atoms with Crippen molar-refractivity contribution in [1.82, 2.24) is 0 Å². The number of Topliss-reactive ketones (excluding diaryl/α,β-unsaturated/α-hetero) is 1. The molecule has 0 aliphatic carbocycles. The Labute approximate surface area is 133 Å². The molecule has 0 aromatic heterocycles. The Bertz CT molecular complexity index is 704. The summed E-state index contributed by atoms with van der Waals surface area (Å²) in [6.45, 7) is 5.52. The number of benzene rings is 1. The van der Waals surface area contributed by atoms with Crippen molar-refractivity contribution >= 4 is 34.8 Å². The highest BCUT2D eigenvalue weighted by atomic mass is 35.5. The average Bonchev–Trinajstić information content (AvgIpc) is 2.48. The van der Waals surface area contributed by atoms with Crippen molar-refractivity contribution in [3.05, 3.63) is 53.1 Å². The number of carboxylic acid groups (broad SMARTS) is 1. The fraction of sp³-hybridized carbons (Fsp3) is 0.235. The molecule has 4 nitrogen and oxygen atoms in total. The molecule has 5 heteroatoms. The zero-order chi connectivity index (χ0) is 16.3. The van der Waals surface area contributed by atoms with E-state index >= 15 is 0 Å². The molecule has 0 bridgehead atoms. The van der Waals surface area contributed by atoms with Gasteiger partial charge in [0, 0.05) is 16.3 Å². The molecule has 1 aliphatic heterocycles. The Kier molecular flexibility index (Phi) is 4.93. The second-order valence-electron chi connectivity index (χ2n) is 4.94. The molecule has 1 unspecified atom stereocenters.